The van der Waals surface area contributed by atoms with E-state index in [1.807, 2.05) is 20.8 Å². The predicted molar refractivity (Wildman–Crippen MR) is 148 cm³/mol. The summed E-state index contributed by atoms with van der Waals surface area (Å²) in [6, 6.07) is 2.92. The van der Waals surface area contributed by atoms with Crippen LogP contribution in [-0.4, -0.2) is 68.6 Å². The molecule has 2 aliphatic heterocycles. The summed E-state index contributed by atoms with van der Waals surface area (Å²) in [6.45, 7) is 5.96. The Bertz CT molecular complexity index is 1380. The van der Waals surface area contributed by atoms with Gasteiger partial charge in [0.2, 0.25) is 0 Å². The van der Waals surface area contributed by atoms with Crippen molar-refractivity contribution in [3.63, 3.8) is 0 Å². The number of rotatable bonds is 9. The van der Waals surface area contributed by atoms with Crippen molar-refractivity contribution in [2.24, 2.45) is 5.73 Å². The molecular weight excluding hydrogens is 581 g/mol. The van der Waals surface area contributed by atoms with Gasteiger partial charge >= 0.3 is 12.0 Å². The van der Waals surface area contributed by atoms with E-state index in [2.05, 4.69) is 15.7 Å². The number of amides is 4. The van der Waals surface area contributed by atoms with Gasteiger partial charge in [0.05, 0.1) is 6.20 Å². The van der Waals surface area contributed by atoms with E-state index in [1.165, 1.54) is 36.4 Å². The highest BCUT2D eigenvalue weighted by Gasteiger charge is 2.67. The Kier molecular flexibility index (Phi) is 8.35. The summed E-state index contributed by atoms with van der Waals surface area (Å²) in [5.74, 6) is -2.53. The van der Waals surface area contributed by atoms with Crippen molar-refractivity contribution in [1.29, 1.82) is 0 Å². The maximum absolute atomic E-state index is 13.5. The zero-order valence-corrected chi connectivity index (χ0v) is 24.4. The summed E-state index contributed by atoms with van der Waals surface area (Å²) in [6.07, 6.45) is 1.50. The minimum atomic E-state index is -1.86. The zero-order valence-electron chi connectivity index (χ0n) is 22.0. The lowest BCUT2D eigenvalue weighted by atomic mass is 9.89. The van der Waals surface area contributed by atoms with Crippen LogP contribution in [0.4, 0.5) is 4.79 Å². The lowest BCUT2D eigenvalue weighted by Gasteiger charge is -2.56. The van der Waals surface area contributed by atoms with Crippen LogP contribution in [0.15, 0.2) is 46.1 Å². The van der Waals surface area contributed by atoms with Gasteiger partial charge in [-0.25, -0.2) is 9.59 Å². The van der Waals surface area contributed by atoms with Crippen LogP contribution in [0.3, 0.4) is 0 Å². The molecule has 5 N–H and O–H groups in total. The van der Waals surface area contributed by atoms with Gasteiger partial charge in [-0.15, -0.1) is 23.1 Å². The number of nitrogens with two attached hydrogens (primary N) is 1. The first-order valence-electron chi connectivity index (χ1n) is 11.9. The number of nitrogens with one attached hydrogen (secondary N) is 2. The summed E-state index contributed by atoms with van der Waals surface area (Å²) in [5.41, 5.74) is 4.19. The highest BCUT2D eigenvalue weighted by Crippen LogP contribution is 2.47. The highest BCUT2D eigenvalue weighted by atomic mass is 32.2. The van der Waals surface area contributed by atoms with Crippen LogP contribution >= 0.6 is 34.9 Å². The van der Waals surface area contributed by atoms with Gasteiger partial charge in [0.25, 0.3) is 22.6 Å². The first-order chi connectivity index (χ1) is 18.8. The van der Waals surface area contributed by atoms with Gasteiger partial charge in [0.15, 0.2) is 0 Å². The Hall–Kier alpha value is -3.34. The number of methoxy groups -OCH3 is 1. The number of thioether (sulfide) groups is 2. The number of ether oxygens (including phenoxy) is 1. The zero-order chi connectivity index (χ0) is 29.4. The second-order valence-electron chi connectivity index (χ2n) is 9.98. The van der Waals surface area contributed by atoms with Gasteiger partial charge in [-0.3, -0.25) is 14.5 Å². The maximum Gasteiger partial charge on any atom is 0.352 e. The molecule has 2 aromatic heterocycles. The van der Waals surface area contributed by atoms with Crippen molar-refractivity contribution in [1.82, 2.24) is 20.6 Å². The van der Waals surface area contributed by atoms with E-state index in [4.69, 9.17) is 10.5 Å². The molecule has 13 nitrogen and oxygen atoms in total. The summed E-state index contributed by atoms with van der Waals surface area (Å²) in [4.78, 5) is 52.6. The summed E-state index contributed by atoms with van der Waals surface area (Å²) in [5, 5.41) is 32.3. The van der Waals surface area contributed by atoms with Gasteiger partial charge in [0, 0.05) is 34.7 Å². The number of fused-ring (bicyclic) bond motifs is 1. The van der Waals surface area contributed by atoms with E-state index in [-0.39, 0.29) is 22.6 Å². The number of primary amides is 1. The third-order valence-corrected chi connectivity index (χ3v) is 9.72. The van der Waals surface area contributed by atoms with Gasteiger partial charge in [-0.05, 0) is 44.6 Å². The number of aromatic nitrogens is 2. The van der Waals surface area contributed by atoms with Gasteiger partial charge < -0.3 is 31.4 Å². The van der Waals surface area contributed by atoms with E-state index in [9.17, 15) is 29.5 Å². The highest BCUT2D eigenvalue weighted by molar-refractivity contribution is 8.01. The van der Waals surface area contributed by atoms with Crippen molar-refractivity contribution in [3.05, 3.63) is 56.7 Å². The topological polar surface area (TPSA) is 191 Å². The Balaban J connectivity index is 1.57. The third-order valence-electron chi connectivity index (χ3n) is 6.35. The average Bonchev–Trinajstić information content (AvgIpc) is 3.42. The molecule has 0 radical (unpaired) electrons. The number of carbonyl (C=O) groups excluding carboxylic acids is 3. The fourth-order valence-corrected chi connectivity index (χ4v) is 7.51. The van der Waals surface area contributed by atoms with E-state index < -0.39 is 41.0 Å². The molecule has 0 aliphatic carbocycles. The SMILES string of the molecule is CO[C@]1(NC(=O)C(NC(N)=O)c2cccs2)C(=O)N2C(C(=O)O)=C(CSc3cc(C(C)(C)C)cn[n+]3[O-])CSC21. The Labute approximate surface area is 242 Å². The number of urea groups is 1. The van der Waals surface area contributed by atoms with Crippen LogP contribution in [0.25, 0.3) is 0 Å². The number of carboxylic acids is 1. The fraction of sp³-hybridized carbons (Fsp3) is 0.417. The van der Waals surface area contributed by atoms with Gasteiger partial charge in [0.1, 0.15) is 17.1 Å². The van der Waals surface area contributed by atoms with Gasteiger partial charge in [-0.1, -0.05) is 26.8 Å². The fourth-order valence-electron chi connectivity index (χ4n) is 4.24. The molecule has 16 heteroatoms. The van der Waals surface area contributed by atoms with Crippen LogP contribution in [0.2, 0.25) is 0 Å². The first kappa shape index (κ1) is 29.6. The molecule has 0 aromatic carbocycles. The number of β-lactam (4-membered cyclic amide) rings is 1. The Morgan fingerprint density at radius 1 is 1.43 bits per heavy atom. The van der Waals surface area contributed by atoms with Gasteiger partial charge in [-0.2, -0.15) is 0 Å². The number of nitrogens with zero attached hydrogens (tertiary/aromatic N) is 3. The minimum absolute atomic E-state index is 0.123. The lowest BCUT2D eigenvalue weighted by Crippen LogP contribution is -2.81. The molecule has 214 valence electrons. The summed E-state index contributed by atoms with van der Waals surface area (Å²) in [7, 11) is 1.23. The number of hydrogen-bond donors (Lipinski definition) is 4. The predicted octanol–water partition coefficient (Wildman–Crippen LogP) is 1.29. The van der Waals surface area contributed by atoms with Crippen LogP contribution in [0.5, 0.6) is 0 Å². The standard InChI is InChI=1S/C24H28N6O7S3/c1-23(2,3)13-8-15(30(36)26-9-13)39-10-12-11-40-21-24(37-4,20(34)29(21)17(12)19(32)33)28-18(31)16(27-22(25)35)14-6-5-7-38-14/h5-9,16,21H,10-11H2,1-4H3,(H,28,31)(H,32,33)(H3,25,27,35)/t16?,21?,24-/m1/s1. The minimum Gasteiger partial charge on any atom is -0.593 e. The van der Waals surface area contributed by atoms with Crippen LogP contribution in [0, 0.1) is 5.21 Å². The van der Waals surface area contributed by atoms with Crippen molar-refractivity contribution < 1.29 is 33.9 Å². The summed E-state index contributed by atoms with van der Waals surface area (Å²) >= 11 is 3.54. The molecule has 4 rings (SSSR count). The number of thiophene rings is 1. The van der Waals surface area contributed by atoms with E-state index >= 15 is 0 Å². The molecule has 0 spiro atoms. The molecule has 2 aliphatic rings. The maximum atomic E-state index is 13.5. The molecule has 2 aromatic rings. The number of carboxylic acid groups (broad SMARTS) is 1. The van der Waals surface area contributed by atoms with Crippen molar-refractivity contribution in [2.75, 3.05) is 18.6 Å². The molecular formula is C24H28N6O7S3. The molecule has 1 saturated heterocycles. The second kappa shape index (κ2) is 11.3. The van der Waals surface area contributed by atoms with Crippen molar-refractivity contribution in [3.8, 4) is 0 Å². The lowest BCUT2D eigenvalue weighted by molar-refractivity contribution is -0.706. The average molecular weight is 609 g/mol. The van der Waals surface area contributed by atoms with Crippen LogP contribution < -0.4 is 21.2 Å². The Morgan fingerprint density at radius 3 is 2.73 bits per heavy atom. The van der Waals surface area contributed by atoms with Crippen molar-refractivity contribution >= 4 is 58.7 Å². The largest absolute Gasteiger partial charge is 0.593 e. The third kappa shape index (κ3) is 5.48. The van der Waals surface area contributed by atoms with Crippen LogP contribution in [0.1, 0.15) is 37.3 Å². The second-order valence-corrected chi connectivity index (χ2v) is 13.0. The van der Waals surface area contributed by atoms with E-state index in [0.717, 1.165) is 22.2 Å². The van der Waals surface area contributed by atoms with Crippen molar-refractivity contribution in [2.45, 2.75) is 48.4 Å². The quantitative estimate of drug-likeness (QED) is 0.106. The summed E-state index contributed by atoms with van der Waals surface area (Å²) < 4.78 is 5.49. The molecule has 3 atom stereocenters. The molecule has 1 fully saturated rings. The normalized spacial score (nSPS) is 21.4. The first-order valence-corrected chi connectivity index (χ1v) is 14.8. The number of hydrogen-bond acceptors (Lipinski definition) is 10. The molecule has 40 heavy (non-hydrogen) atoms. The smallest absolute Gasteiger partial charge is 0.352 e. The van der Waals surface area contributed by atoms with Crippen LogP contribution in [-0.2, 0) is 24.5 Å². The Morgan fingerprint density at radius 2 is 2.15 bits per heavy atom. The number of aliphatic carboxylic acids is 1. The molecule has 4 heterocycles. The molecule has 4 amide bonds. The molecule has 0 bridgehead atoms. The molecule has 0 saturated carbocycles. The monoisotopic (exact) mass is 608 g/mol. The molecule has 2 unspecified atom stereocenters. The number of carbonyl (C=O) groups is 4. The van der Waals surface area contributed by atoms with E-state index in [1.54, 1.807) is 23.6 Å². The van der Waals surface area contributed by atoms with E-state index in [0.29, 0.717) is 20.3 Å².